The minimum absolute atomic E-state index is 0.226. The van der Waals surface area contributed by atoms with E-state index in [0.717, 1.165) is 26.2 Å². The van der Waals surface area contributed by atoms with Crippen molar-refractivity contribution in [2.45, 2.75) is 77.8 Å². The lowest BCUT2D eigenvalue weighted by atomic mass is 9.85. The maximum absolute atomic E-state index is 5.89. The van der Waals surface area contributed by atoms with E-state index in [9.17, 15) is 0 Å². The van der Waals surface area contributed by atoms with Gasteiger partial charge in [-0.15, -0.1) is 0 Å². The van der Waals surface area contributed by atoms with Crippen molar-refractivity contribution in [1.29, 1.82) is 0 Å². The molecule has 0 aliphatic carbocycles. The van der Waals surface area contributed by atoms with Gasteiger partial charge in [0.15, 0.2) is 0 Å². The van der Waals surface area contributed by atoms with Crippen LogP contribution < -0.4 is 5.32 Å². The fourth-order valence-electron chi connectivity index (χ4n) is 3.22. The molecule has 0 aromatic heterocycles. The zero-order valence-corrected chi connectivity index (χ0v) is 14.2. The van der Waals surface area contributed by atoms with Crippen molar-refractivity contribution >= 4 is 0 Å². The second-order valence-electron chi connectivity index (χ2n) is 6.34. The van der Waals surface area contributed by atoms with Gasteiger partial charge in [0.2, 0.25) is 0 Å². The lowest BCUT2D eigenvalue weighted by Crippen LogP contribution is -2.62. The third-order valence-electron chi connectivity index (χ3n) is 4.82. The Labute approximate surface area is 126 Å². The summed E-state index contributed by atoms with van der Waals surface area (Å²) in [7, 11) is 0. The second kappa shape index (κ2) is 9.75. The summed E-state index contributed by atoms with van der Waals surface area (Å²) >= 11 is 0. The first kappa shape index (κ1) is 17.9. The van der Waals surface area contributed by atoms with Crippen LogP contribution in [0.15, 0.2) is 0 Å². The summed E-state index contributed by atoms with van der Waals surface area (Å²) in [6.07, 6.45) is 7.58. The molecule has 0 saturated carbocycles. The van der Waals surface area contributed by atoms with Gasteiger partial charge >= 0.3 is 0 Å². The van der Waals surface area contributed by atoms with E-state index in [1.807, 2.05) is 0 Å². The Morgan fingerprint density at radius 2 is 1.80 bits per heavy atom. The number of rotatable bonds is 10. The van der Waals surface area contributed by atoms with Gasteiger partial charge in [-0.3, -0.25) is 4.90 Å². The predicted octanol–water partition coefficient (Wildman–Crippen LogP) is 3.44. The summed E-state index contributed by atoms with van der Waals surface area (Å²) < 4.78 is 5.89. The molecule has 0 amide bonds. The maximum Gasteiger partial charge on any atom is 0.0637 e. The summed E-state index contributed by atoms with van der Waals surface area (Å²) in [5, 5.41) is 3.75. The zero-order chi connectivity index (χ0) is 14.8. The molecular weight excluding hydrogens is 248 g/mol. The normalized spacial score (nSPS) is 21.6. The van der Waals surface area contributed by atoms with Gasteiger partial charge in [-0.2, -0.15) is 0 Å². The molecular formula is C17H36N2O. The average molecular weight is 284 g/mol. The van der Waals surface area contributed by atoms with Gasteiger partial charge in [-0.1, -0.05) is 27.2 Å². The van der Waals surface area contributed by atoms with E-state index in [1.165, 1.54) is 45.2 Å². The van der Waals surface area contributed by atoms with Crippen molar-refractivity contribution in [2.24, 2.45) is 0 Å². The molecule has 3 heteroatoms. The molecule has 3 nitrogen and oxygen atoms in total. The molecule has 20 heavy (non-hydrogen) atoms. The number of piperidine rings is 1. The molecule has 2 atom stereocenters. The maximum atomic E-state index is 5.89. The summed E-state index contributed by atoms with van der Waals surface area (Å²) in [6, 6.07) is 0.442. The van der Waals surface area contributed by atoms with Crippen LogP contribution in [0, 0.1) is 0 Å². The number of likely N-dealkylation sites (tertiary alicyclic amines) is 1. The van der Waals surface area contributed by atoms with Crippen molar-refractivity contribution in [3.63, 3.8) is 0 Å². The van der Waals surface area contributed by atoms with E-state index in [4.69, 9.17) is 4.74 Å². The first-order valence-corrected chi connectivity index (χ1v) is 8.75. The number of hydrogen-bond acceptors (Lipinski definition) is 3. The Morgan fingerprint density at radius 3 is 2.35 bits per heavy atom. The summed E-state index contributed by atoms with van der Waals surface area (Å²) in [6.45, 7) is 14.5. The monoisotopic (exact) mass is 284 g/mol. The minimum atomic E-state index is 0.226. The molecule has 2 unspecified atom stereocenters. The summed E-state index contributed by atoms with van der Waals surface area (Å²) in [5.74, 6) is 0. The third-order valence-corrected chi connectivity index (χ3v) is 4.82. The third kappa shape index (κ3) is 5.01. The van der Waals surface area contributed by atoms with Crippen LogP contribution in [0.25, 0.3) is 0 Å². The van der Waals surface area contributed by atoms with Gasteiger partial charge in [0, 0.05) is 18.2 Å². The SMILES string of the molecule is CCCNC(COCCC)C(C)(CC)N1CCCCC1. The molecule has 1 fully saturated rings. The Balaban J connectivity index is 2.69. The van der Waals surface area contributed by atoms with Gasteiger partial charge < -0.3 is 10.1 Å². The topological polar surface area (TPSA) is 24.5 Å². The van der Waals surface area contributed by atoms with Crippen molar-refractivity contribution in [3.05, 3.63) is 0 Å². The zero-order valence-electron chi connectivity index (χ0n) is 14.2. The van der Waals surface area contributed by atoms with Gasteiger partial charge in [0.05, 0.1) is 6.61 Å². The van der Waals surface area contributed by atoms with Crippen molar-refractivity contribution in [1.82, 2.24) is 10.2 Å². The Bertz CT molecular complexity index is 241. The Hall–Kier alpha value is -0.120. The van der Waals surface area contributed by atoms with Crippen LogP contribution in [0.3, 0.4) is 0 Å². The Kier molecular flexibility index (Phi) is 8.74. The highest BCUT2D eigenvalue weighted by atomic mass is 16.5. The van der Waals surface area contributed by atoms with Gasteiger partial charge in [0.1, 0.15) is 0 Å². The lowest BCUT2D eigenvalue weighted by molar-refractivity contribution is 0.00284. The molecule has 0 bridgehead atoms. The van der Waals surface area contributed by atoms with Crippen LogP contribution in [0.1, 0.15) is 66.2 Å². The molecule has 120 valence electrons. The van der Waals surface area contributed by atoms with Crippen LogP contribution in [0.2, 0.25) is 0 Å². The van der Waals surface area contributed by atoms with E-state index in [0.29, 0.717) is 6.04 Å². The fourth-order valence-corrected chi connectivity index (χ4v) is 3.22. The highest BCUT2D eigenvalue weighted by Gasteiger charge is 2.38. The minimum Gasteiger partial charge on any atom is -0.380 e. The van der Waals surface area contributed by atoms with Gasteiger partial charge in [-0.25, -0.2) is 0 Å². The van der Waals surface area contributed by atoms with E-state index in [-0.39, 0.29) is 5.54 Å². The van der Waals surface area contributed by atoms with Gasteiger partial charge in [-0.05, 0) is 58.7 Å². The molecule has 1 aliphatic heterocycles. The quantitative estimate of drug-likeness (QED) is 0.622. The molecule has 0 spiro atoms. The number of ether oxygens (including phenoxy) is 1. The van der Waals surface area contributed by atoms with Crippen molar-refractivity contribution in [2.75, 3.05) is 32.8 Å². The molecule has 0 radical (unpaired) electrons. The number of nitrogens with one attached hydrogen (secondary N) is 1. The standard InChI is InChI=1S/C17H36N2O/c1-5-11-18-16(15-20-14-6-2)17(4,7-3)19-12-9-8-10-13-19/h16,18H,5-15H2,1-4H3. The number of nitrogens with zero attached hydrogens (tertiary/aromatic N) is 1. The van der Waals surface area contributed by atoms with Crippen molar-refractivity contribution < 1.29 is 4.74 Å². The number of hydrogen-bond donors (Lipinski definition) is 1. The van der Waals surface area contributed by atoms with Crippen LogP contribution in [-0.2, 0) is 4.74 Å². The van der Waals surface area contributed by atoms with Crippen molar-refractivity contribution in [3.8, 4) is 0 Å². The molecule has 1 N–H and O–H groups in total. The van der Waals surface area contributed by atoms with E-state index >= 15 is 0 Å². The smallest absolute Gasteiger partial charge is 0.0637 e. The molecule has 1 saturated heterocycles. The van der Waals surface area contributed by atoms with Gasteiger partial charge in [0.25, 0.3) is 0 Å². The highest BCUT2D eigenvalue weighted by Crippen LogP contribution is 2.27. The van der Waals surface area contributed by atoms with Crippen LogP contribution >= 0.6 is 0 Å². The molecule has 0 aromatic carbocycles. The Morgan fingerprint density at radius 1 is 1.10 bits per heavy atom. The van der Waals surface area contributed by atoms with Crippen LogP contribution in [-0.4, -0.2) is 49.3 Å². The molecule has 1 heterocycles. The fraction of sp³-hybridized carbons (Fsp3) is 1.00. The lowest BCUT2D eigenvalue weighted by Gasteiger charge is -2.48. The average Bonchev–Trinajstić information content (AvgIpc) is 2.51. The predicted molar refractivity (Wildman–Crippen MR) is 87.3 cm³/mol. The summed E-state index contributed by atoms with van der Waals surface area (Å²) in [5.41, 5.74) is 0.226. The molecule has 1 aliphatic rings. The van der Waals surface area contributed by atoms with Crippen LogP contribution in [0.5, 0.6) is 0 Å². The highest BCUT2D eigenvalue weighted by molar-refractivity contribution is 4.97. The van der Waals surface area contributed by atoms with E-state index in [2.05, 4.69) is 37.9 Å². The van der Waals surface area contributed by atoms with E-state index in [1.54, 1.807) is 0 Å². The largest absolute Gasteiger partial charge is 0.380 e. The van der Waals surface area contributed by atoms with E-state index < -0.39 is 0 Å². The molecule has 0 aromatic rings. The summed E-state index contributed by atoms with van der Waals surface area (Å²) in [4.78, 5) is 2.71. The second-order valence-corrected chi connectivity index (χ2v) is 6.34. The first-order chi connectivity index (χ1) is 9.69. The molecule has 1 rings (SSSR count). The van der Waals surface area contributed by atoms with Crippen LogP contribution in [0.4, 0.5) is 0 Å². The first-order valence-electron chi connectivity index (χ1n) is 8.75.